The fourth-order valence-corrected chi connectivity index (χ4v) is 18.9. The number of alkyl halides is 2. The molecule has 0 amide bonds. The summed E-state index contributed by atoms with van der Waals surface area (Å²) < 4.78 is 39.6. The number of nitriles is 2. The molecule has 4 N–H and O–H groups in total. The number of benzene rings is 2. The molecule has 492 valence electrons. The van der Waals surface area contributed by atoms with Crippen LogP contribution in [-0.4, -0.2) is 117 Å². The number of ether oxygens (including phenoxy) is 2. The second-order valence-electron chi connectivity index (χ2n) is 30.8. The smallest absolute Gasteiger partial charge is 0.318 e. The molecule has 14 nitrogen and oxygen atoms in total. The highest BCUT2D eigenvalue weighted by molar-refractivity contribution is 5.66. The molecule has 6 aliphatic heterocycles. The minimum atomic E-state index is -0.788. The maximum absolute atomic E-state index is 14.6. The van der Waals surface area contributed by atoms with Crippen LogP contribution in [0.3, 0.4) is 0 Å². The predicted molar refractivity (Wildman–Crippen MR) is 360 cm³/mol. The molecule has 0 bridgehead atoms. The number of anilines is 4. The molecule has 10 atom stereocenters. The van der Waals surface area contributed by atoms with Gasteiger partial charge >= 0.3 is 12.0 Å². The Labute approximate surface area is 543 Å². The number of hydrogen-bond donors (Lipinski definition) is 2. The zero-order valence-electron chi connectivity index (χ0n) is 56.7. The number of nitrogens with two attached hydrogens (primary N) is 2. The normalized spacial score (nSPS) is 31.9. The van der Waals surface area contributed by atoms with Crippen LogP contribution in [0.2, 0.25) is 0 Å². The van der Waals surface area contributed by atoms with Crippen LogP contribution in [0.5, 0.6) is 12.0 Å². The van der Waals surface area contributed by atoms with Crippen LogP contribution in [-0.2, 0) is 31.1 Å². The van der Waals surface area contributed by atoms with Crippen LogP contribution >= 0.6 is 0 Å². The molecule has 2 aromatic carbocycles. The zero-order chi connectivity index (χ0) is 64.2. The van der Waals surface area contributed by atoms with Crippen LogP contribution in [0.15, 0.2) is 24.3 Å². The van der Waals surface area contributed by atoms with Crippen molar-refractivity contribution in [2.45, 2.75) is 274 Å². The van der Waals surface area contributed by atoms with Crippen LogP contribution in [0.25, 0.3) is 0 Å². The van der Waals surface area contributed by atoms with E-state index in [-0.39, 0.29) is 33.5 Å². The average Bonchev–Trinajstić information content (AvgIpc) is 1.71. The molecule has 6 saturated heterocycles. The van der Waals surface area contributed by atoms with Gasteiger partial charge < -0.3 is 30.7 Å². The summed E-state index contributed by atoms with van der Waals surface area (Å²) in [5, 5.41) is 20.4. The summed E-state index contributed by atoms with van der Waals surface area (Å²) in [7, 11) is 1.65. The molecule has 7 fully saturated rings. The van der Waals surface area contributed by atoms with Gasteiger partial charge in [-0.1, -0.05) is 60.1 Å². The van der Waals surface area contributed by atoms with Gasteiger partial charge in [-0.15, -0.1) is 0 Å². The van der Waals surface area contributed by atoms with Crippen molar-refractivity contribution in [2.24, 2.45) is 11.8 Å². The second-order valence-corrected chi connectivity index (χ2v) is 30.8. The third kappa shape index (κ3) is 12.2. The minimum absolute atomic E-state index is 0.138. The highest BCUT2D eigenvalue weighted by Crippen LogP contribution is 2.56. The molecule has 91 heavy (non-hydrogen) atoms. The number of halogens is 2. The van der Waals surface area contributed by atoms with E-state index in [0.717, 1.165) is 150 Å². The lowest BCUT2D eigenvalue weighted by molar-refractivity contribution is 0.106. The third-order valence-corrected chi connectivity index (χ3v) is 25.3. The summed E-state index contributed by atoms with van der Waals surface area (Å²) in [6, 6.07) is 14.0. The van der Waals surface area contributed by atoms with Gasteiger partial charge in [-0.2, -0.15) is 30.5 Å². The van der Waals surface area contributed by atoms with E-state index in [1.54, 1.807) is 7.11 Å². The molecule has 9 unspecified atom stereocenters. The Bertz CT molecular complexity index is 3390. The van der Waals surface area contributed by atoms with Crippen molar-refractivity contribution >= 4 is 23.0 Å². The quantitative estimate of drug-likeness (QED) is 0.114. The van der Waals surface area contributed by atoms with Crippen LogP contribution in [0.1, 0.15) is 264 Å². The summed E-state index contributed by atoms with van der Waals surface area (Å²) in [5.74, 6) is 4.70. The van der Waals surface area contributed by atoms with Crippen LogP contribution in [0.4, 0.5) is 31.8 Å². The lowest BCUT2D eigenvalue weighted by Gasteiger charge is -2.57. The molecule has 14 rings (SSSR count). The summed E-state index contributed by atoms with van der Waals surface area (Å²) in [4.78, 5) is 29.9. The topological polar surface area (TPSA) is 183 Å². The van der Waals surface area contributed by atoms with E-state index in [4.69, 9.17) is 40.9 Å². The Morgan fingerprint density at radius 3 is 2.09 bits per heavy atom. The third-order valence-electron chi connectivity index (χ3n) is 25.3. The van der Waals surface area contributed by atoms with Gasteiger partial charge in [0.25, 0.3) is 0 Å². The molecule has 2 aromatic heterocycles. The number of hydrogen-bond acceptors (Lipinski definition) is 14. The first-order valence-corrected chi connectivity index (χ1v) is 35.7. The van der Waals surface area contributed by atoms with Crippen molar-refractivity contribution < 1.29 is 18.3 Å². The first-order valence-electron chi connectivity index (χ1n) is 35.7. The van der Waals surface area contributed by atoms with Gasteiger partial charge in [-0.05, 0) is 232 Å². The van der Waals surface area contributed by atoms with Gasteiger partial charge in [0.05, 0.1) is 35.2 Å². The highest BCUT2D eigenvalue weighted by Gasteiger charge is 2.53. The predicted octanol–water partition coefficient (Wildman–Crippen LogP) is 14.9. The average molecular weight is 1250 g/mol. The largest absolute Gasteiger partial charge is 0.467 e. The number of fused-ring (bicyclic) bond motifs is 6. The number of nitrogens with zero attached hydrogens (tertiary/aromatic N) is 10. The van der Waals surface area contributed by atoms with Gasteiger partial charge in [0.1, 0.15) is 42.7 Å². The van der Waals surface area contributed by atoms with Crippen molar-refractivity contribution in [1.82, 2.24) is 29.7 Å². The van der Waals surface area contributed by atoms with Crippen molar-refractivity contribution in [1.29, 1.82) is 10.5 Å². The zero-order valence-corrected chi connectivity index (χ0v) is 56.7. The molecule has 1 saturated carbocycles. The fourth-order valence-electron chi connectivity index (χ4n) is 18.9. The molecule has 2 spiro atoms. The molecule has 16 heteroatoms. The molecule has 10 aliphatic rings. The molecule has 0 radical (unpaired) electrons. The lowest BCUT2D eigenvalue weighted by Crippen LogP contribution is -2.62. The van der Waals surface area contributed by atoms with E-state index >= 15 is 0 Å². The number of aromatic nitrogens is 4. The van der Waals surface area contributed by atoms with Gasteiger partial charge in [0.15, 0.2) is 0 Å². The summed E-state index contributed by atoms with van der Waals surface area (Å²) in [6.45, 7) is 24.0. The van der Waals surface area contributed by atoms with Crippen molar-refractivity contribution in [2.75, 3.05) is 74.3 Å². The molecule has 4 aliphatic carbocycles. The summed E-state index contributed by atoms with van der Waals surface area (Å²) in [6.07, 6.45) is 25.1. The monoisotopic (exact) mass is 1240 g/mol. The number of methoxy groups -OCH3 is 1. The van der Waals surface area contributed by atoms with E-state index in [2.05, 4.69) is 99.3 Å². The first kappa shape index (κ1) is 65.2. The van der Waals surface area contributed by atoms with E-state index in [0.29, 0.717) is 72.5 Å². The minimum Gasteiger partial charge on any atom is -0.467 e. The summed E-state index contributed by atoms with van der Waals surface area (Å²) in [5.41, 5.74) is 24.9. The van der Waals surface area contributed by atoms with Crippen LogP contribution < -0.4 is 30.7 Å². The van der Waals surface area contributed by atoms with Gasteiger partial charge in [0, 0.05) is 83.6 Å². The van der Waals surface area contributed by atoms with Crippen molar-refractivity contribution in [3.8, 4) is 24.2 Å². The standard InChI is InChI=1S/C37H49FN6O.C30H43N5O.C8H14FN/c1-3-25-9-12-35(32-27(25)5-6-30(40)29(32)21-39)13-10-28-31(20-35)41-34(45-23-37-11-4-17-43(37)22-26(38)19-37)42-33(28)44-18-16-36(44)14-7-24(2)8-15-36;1-7-19(3)13-14-30(5)15-16-35(30)28-23-10-9-21(17-26(23)33-29(34-28)36-6)27-22(20(4)8-2)11-12-25(32)24(27)18-31;1-8-3-2-4-10(8)6-7(9)5-8/h5-6,24-26H,3-4,7-20,22-23,40H2,1-2H3;11-12,19-21H,7-10,13-17,32H2,1-6H3;7H,2-6H2,1H3/t;19?,20-,21?,30?;/m.0./s1. The Morgan fingerprint density at radius 2 is 1.40 bits per heavy atom. The SMILES string of the molecule is CC12CCCN1CC(F)C2.CCC(C)CCC1(C)CCN1c1nc(OC)nc2c1CCC(c1c([C@@H](C)CC)ccc(N)c1C#N)C2.CCC1CCC2(CCc3c(nc(OCC45CCCN4CC(F)C5)nc3N3CCC34CCC(C)CC4)C2)c2c1ccc(N)c2C#N. The summed E-state index contributed by atoms with van der Waals surface area (Å²) >= 11 is 0. The molecular formula is C75H106F2N12O2. The van der Waals surface area contributed by atoms with E-state index in [1.165, 1.54) is 98.4 Å². The van der Waals surface area contributed by atoms with Gasteiger partial charge in [-0.25, -0.2) is 8.78 Å². The highest BCUT2D eigenvalue weighted by atomic mass is 19.1. The Morgan fingerprint density at radius 1 is 0.714 bits per heavy atom. The first-order chi connectivity index (χ1) is 43.7. The Balaban J connectivity index is 0.000000155. The molecule has 8 heterocycles. The van der Waals surface area contributed by atoms with Gasteiger partial charge in [-0.3, -0.25) is 9.80 Å². The number of rotatable bonds is 14. The Kier molecular flexibility index (Phi) is 18.8. The van der Waals surface area contributed by atoms with Crippen molar-refractivity contribution in [3.05, 3.63) is 80.2 Å². The number of nitrogen functional groups attached to an aromatic ring is 2. The fraction of sp³-hybridized carbons (Fsp3) is 0.707. The van der Waals surface area contributed by atoms with E-state index < -0.39 is 12.3 Å². The van der Waals surface area contributed by atoms with Crippen LogP contribution in [0, 0.1) is 34.5 Å². The van der Waals surface area contributed by atoms with E-state index in [1.807, 2.05) is 12.1 Å². The Hall–Kier alpha value is -5.84. The molecular weight excluding hydrogens is 1140 g/mol. The molecule has 4 aromatic rings. The maximum atomic E-state index is 14.6. The van der Waals surface area contributed by atoms with E-state index in [9.17, 15) is 19.3 Å². The lowest BCUT2D eigenvalue weighted by atomic mass is 9.58. The second kappa shape index (κ2) is 26.2. The van der Waals surface area contributed by atoms with Crippen molar-refractivity contribution in [3.63, 3.8) is 0 Å². The van der Waals surface area contributed by atoms with Gasteiger partial charge in [0.2, 0.25) is 0 Å². The maximum Gasteiger partial charge on any atom is 0.318 e.